The van der Waals surface area contributed by atoms with E-state index in [0.717, 1.165) is 12.4 Å². The van der Waals surface area contributed by atoms with Crippen LogP contribution in [0.1, 0.15) is 18.3 Å². The first-order chi connectivity index (χ1) is 11.6. The monoisotopic (exact) mass is 368 g/mol. The van der Waals surface area contributed by atoms with Crippen LogP contribution in [0.2, 0.25) is 0 Å². The third kappa shape index (κ3) is 4.70. The number of imidazole rings is 1. The fourth-order valence-corrected chi connectivity index (χ4v) is 2.86. The highest BCUT2D eigenvalue weighted by atomic mass is 35.5. The lowest BCUT2D eigenvalue weighted by atomic mass is 10.1. The molecule has 2 heterocycles. The van der Waals surface area contributed by atoms with Crippen LogP contribution in [0.5, 0.6) is 5.75 Å². The number of halogens is 2. The number of hydrogen-bond donors (Lipinski definition) is 1. The Morgan fingerprint density at radius 3 is 2.84 bits per heavy atom. The van der Waals surface area contributed by atoms with Crippen molar-refractivity contribution >= 4 is 18.3 Å². The third-order valence-corrected chi connectivity index (χ3v) is 4.12. The van der Waals surface area contributed by atoms with Crippen molar-refractivity contribution in [2.45, 2.75) is 12.5 Å². The van der Waals surface area contributed by atoms with Crippen LogP contribution in [0, 0.1) is 5.82 Å². The average molecular weight is 369 g/mol. The quantitative estimate of drug-likeness (QED) is 0.876. The zero-order chi connectivity index (χ0) is 16.9. The Morgan fingerprint density at radius 2 is 2.16 bits per heavy atom. The van der Waals surface area contributed by atoms with E-state index in [2.05, 4.69) is 10.3 Å². The molecule has 2 aromatic rings. The predicted octanol–water partition coefficient (Wildman–Crippen LogP) is 1.92. The van der Waals surface area contributed by atoms with Gasteiger partial charge in [-0.15, -0.1) is 12.4 Å². The number of piperazine rings is 1. The summed E-state index contributed by atoms with van der Waals surface area (Å²) in [6.07, 6.45) is 3.90. The second-order valence-corrected chi connectivity index (χ2v) is 5.76. The first-order valence-electron chi connectivity index (χ1n) is 8.01. The van der Waals surface area contributed by atoms with Gasteiger partial charge in [0.15, 0.2) is 0 Å². The van der Waals surface area contributed by atoms with Gasteiger partial charge >= 0.3 is 0 Å². The van der Waals surface area contributed by atoms with Gasteiger partial charge in [0, 0.05) is 39.1 Å². The van der Waals surface area contributed by atoms with Crippen molar-refractivity contribution in [3.05, 3.63) is 48.3 Å². The number of carbonyl (C=O) groups excluding carboxylic acids is 1. The average Bonchev–Trinajstić information content (AvgIpc) is 3.02. The maximum absolute atomic E-state index is 12.9. The predicted molar refractivity (Wildman–Crippen MR) is 94.3 cm³/mol. The molecule has 1 aromatic heterocycles. The van der Waals surface area contributed by atoms with Gasteiger partial charge < -0.3 is 19.5 Å². The van der Waals surface area contributed by atoms with Gasteiger partial charge in [0.1, 0.15) is 23.4 Å². The number of carbonyl (C=O) groups is 1. The molecule has 0 aliphatic carbocycles. The van der Waals surface area contributed by atoms with E-state index in [1.54, 1.807) is 18.3 Å². The van der Waals surface area contributed by atoms with Crippen molar-refractivity contribution in [2.75, 3.05) is 26.2 Å². The molecule has 8 heteroatoms. The van der Waals surface area contributed by atoms with Gasteiger partial charge in [-0.05, 0) is 24.3 Å². The second-order valence-electron chi connectivity index (χ2n) is 5.76. The molecule has 1 N–H and O–H groups in total. The molecule has 0 bridgehead atoms. The number of rotatable bonds is 5. The van der Waals surface area contributed by atoms with Gasteiger partial charge in [-0.3, -0.25) is 4.79 Å². The van der Waals surface area contributed by atoms with Gasteiger partial charge in [0.25, 0.3) is 0 Å². The van der Waals surface area contributed by atoms with E-state index >= 15 is 0 Å². The first kappa shape index (κ1) is 19.2. The highest BCUT2D eigenvalue weighted by Crippen LogP contribution is 2.21. The highest BCUT2D eigenvalue weighted by molar-refractivity contribution is 5.85. The van der Waals surface area contributed by atoms with Crippen LogP contribution in [0.25, 0.3) is 0 Å². The number of aryl methyl sites for hydroxylation is 1. The Hall–Kier alpha value is -2.12. The summed E-state index contributed by atoms with van der Waals surface area (Å²) in [6.45, 7) is 2.37. The van der Waals surface area contributed by atoms with Crippen molar-refractivity contribution in [2.24, 2.45) is 7.05 Å². The molecule has 1 saturated heterocycles. The standard InChI is InChI=1S/C17H21FN4O2.ClH/c1-21-9-8-20-17(21)15-12-19-7-10-22(15)16(23)6-11-24-14-4-2-13(18)3-5-14;/h2-5,8-9,15,19H,6-7,10-12H2,1H3;1H. The molecule has 1 atom stereocenters. The summed E-state index contributed by atoms with van der Waals surface area (Å²) in [5.41, 5.74) is 0. The Labute approximate surface area is 152 Å². The minimum Gasteiger partial charge on any atom is -0.493 e. The fraction of sp³-hybridized carbons (Fsp3) is 0.412. The summed E-state index contributed by atoms with van der Waals surface area (Å²) >= 11 is 0. The van der Waals surface area contributed by atoms with Crippen molar-refractivity contribution < 1.29 is 13.9 Å². The molecule has 1 amide bonds. The molecule has 3 rings (SSSR count). The van der Waals surface area contributed by atoms with Crippen molar-refractivity contribution in [3.63, 3.8) is 0 Å². The largest absolute Gasteiger partial charge is 0.493 e. The smallest absolute Gasteiger partial charge is 0.226 e. The Kier molecular flexibility index (Phi) is 6.78. The normalized spacial score (nSPS) is 17.0. The lowest BCUT2D eigenvalue weighted by Gasteiger charge is -2.35. The molecule has 1 aliphatic heterocycles. The summed E-state index contributed by atoms with van der Waals surface area (Å²) in [7, 11) is 1.93. The van der Waals surface area contributed by atoms with Gasteiger partial charge in [-0.1, -0.05) is 0 Å². The van der Waals surface area contributed by atoms with Gasteiger partial charge in [-0.25, -0.2) is 9.37 Å². The summed E-state index contributed by atoms with van der Waals surface area (Å²) in [5.74, 6) is 1.16. The van der Waals surface area contributed by atoms with Crippen molar-refractivity contribution in [1.29, 1.82) is 0 Å². The Balaban J connectivity index is 0.00000225. The zero-order valence-electron chi connectivity index (χ0n) is 14.0. The van der Waals surface area contributed by atoms with Crippen molar-refractivity contribution in [3.8, 4) is 5.75 Å². The maximum Gasteiger partial charge on any atom is 0.226 e. The number of aromatic nitrogens is 2. The number of amides is 1. The SMILES string of the molecule is Cl.Cn1ccnc1C1CNCCN1C(=O)CCOc1ccc(F)cc1. The van der Waals surface area contributed by atoms with Crippen LogP contribution in [0.3, 0.4) is 0 Å². The molecule has 25 heavy (non-hydrogen) atoms. The molecule has 0 spiro atoms. The third-order valence-electron chi connectivity index (χ3n) is 4.12. The second kappa shape index (κ2) is 8.82. The van der Waals surface area contributed by atoms with Crippen molar-refractivity contribution in [1.82, 2.24) is 19.8 Å². The molecular weight excluding hydrogens is 347 g/mol. The molecule has 1 aliphatic rings. The minimum absolute atomic E-state index is 0. The van der Waals surface area contributed by atoms with Gasteiger partial charge in [0.2, 0.25) is 5.91 Å². The van der Waals surface area contributed by atoms with E-state index in [1.165, 1.54) is 12.1 Å². The lowest BCUT2D eigenvalue weighted by Crippen LogP contribution is -2.49. The highest BCUT2D eigenvalue weighted by Gasteiger charge is 2.30. The Bertz CT molecular complexity index is 692. The molecule has 1 aromatic carbocycles. The molecule has 0 radical (unpaired) electrons. The minimum atomic E-state index is -0.308. The molecule has 1 unspecified atom stereocenters. The zero-order valence-corrected chi connectivity index (χ0v) is 14.8. The summed E-state index contributed by atoms with van der Waals surface area (Å²) < 4.78 is 20.3. The lowest BCUT2D eigenvalue weighted by molar-refractivity contribution is -0.135. The maximum atomic E-state index is 12.9. The van der Waals surface area contributed by atoms with E-state index in [4.69, 9.17) is 4.74 Å². The van der Waals surface area contributed by atoms with Crippen LogP contribution in [0.15, 0.2) is 36.7 Å². The number of nitrogens with one attached hydrogen (secondary N) is 1. The van der Waals surface area contributed by atoms with E-state index in [9.17, 15) is 9.18 Å². The molecule has 136 valence electrons. The number of benzene rings is 1. The summed E-state index contributed by atoms with van der Waals surface area (Å²) in [5, 5.41) is 3.31. The summed E-state index contributed by atoms with van der Waals surface area (Å²) in [4.78, 5) is 18.8. The fourth-order valence-electron chi connectivity index (χ4n) is 2.86. The number of ether oxygens (including phenoxy) is 1. The van der Waals surface area contributed by atoms with E-state index in [1.807, 2.05) is 22.7 Å². The summed E-state index contributed by atoms with van der Waals surface area (Å²) in [6, 6.07) is 5.72. The topological polar surface area (TPSA) is 59.4 Å². The van der Waals surface area contributed by atoms with Crippen LogP contribution in [-0.4, -0.2) is 46.6 Å². The van der Waals surface area contributed by atoms with Gasteiger partial charge in [0.05, 0.1) is 13.0 Å². The van der Waals surface area contributed by atoms with Crippen LogP contribution in [-0.2, 0) is 11.8 Å². The Morgan fingerprint density at radius 1 is 1.40 bits per heavy atom. The van der Waals surface area contributed by atoms with E-state index < -0.39 is 0 Å². The van der Waals surface area contributed by atoms with E-state index in [0.29, 0.717) is 18.8 Å². The molecule has 0 saturated carbocycles. The van der Waals surface area contributed by atoms with Crippen LogP contribution in [0.4, 0.5) is 4.39 Å². The molecule has 6 nitrogen and oxygen atoms in total. The van der Waals surface area contributed by atoms with Crippen LogP contribution >= 0.6 is 12.4 Å². The van der Waals surface area contributed by atoms with Gasteiger partial charge in [-0.2, -0.15) is 0 Å². The number of nitrogens with zero attached hydrogens (tertiary/aromatic N) is 3. The molecular formula is C17H22ClFN4O2. The first-order valence-corrected chi connectivity index (χ1v) is 8.01. The molecule has 1 fully saturated rings. The van der Waals surface area contributed by atoms with Crippen LogP contribution < -0.4 is 10.1 Å². The van der Waals surface area contributed by atoms with E-state index in [-0.39, 0.29) is 43.2 Å². The number of hydrogen-bond acceptors (Lipinski definition) is 4.